The van der Waals surface area contributed by atoms with Gasteiger partial charge in [0, 0.05) is 10.9 Å². The van der Waals surface area contributed by atoms with Crippen LogP contribution in [0.1, 0.15) is 78.4 Å². The Labute approximate surface area is 175 Å². The van der Waals surface area contributed by atoms with Gasteiger partial charge in [0.2, 0.25) is 5.79 Å². The molecule has 28 heavy (non-hydrogen) atoms. The predicted molar refractivity (Wildman–Crippen MR) is 102 cm³/mol. The molecule has 9 atom stereocenters. The number of ether oxygens (including phenoxy) is 4. The normalized spacial score (nSPS) is 69.6. The van der Waals surface area contributed by atoms with Crippen LogP contribution in [0.4, 0.5) is 0 Å². The Kier molecular flexibility index (Phi) is 2.96. The van der Waals surface area contributed by atoms with E-state index in [1.165, 1.54) is 0 Å². The van der Waals surface area contributed by atoms with Gasteiger partial charge in [-0.15, -0.1) is 0 Å². The van der Waals surface area contributed by atoms with Crippen LogP contribution in [0.5, 0.6) is 0 Å². The molecule has 1 N–H and O–H groups in total. The first-order valence-electron chi connectivity index (χ1n) is 13.5. The smallest absolute Gasteiger partial charge is 0.226 e. The van der Waals surface area contributed by atoms with Crippen LogP contribution in [-0.2, 0) is 18.9 Å². The van der Waals surface area contributed by atoms with Crippen LogP contribution in [0.15, 0.2) is 0 Å². The Morgan fingerprint density at radius 3 is 2.61 bits per heavy atom. The fraction of sp³-hybridized carbons (Fsp3) is 1.00. The zero-order valence-electron chi connectivity index (χ0n) is 22.0. The van der Waals surface area contributed by atoms with Gasteiger partial charge in [-0.25, -0.2) is 0 Å². The van der Waals surface area contributed by atoms with Crippen molar-refractivity contribution in [1.82, 2.24) is 0 Å². The first kappa shape index (κ1) is 14.0. The van der Waals surface area contributed by atoms with Gasteiger partial charge < -0.3 is 24.1 Å². The van der Waals surface area contributed by atoms with Crippen molar-refractivity contribution in [2.75, 3.05) is 20.2 Å². The second-order valence-corrected chi connectivity index (χ2v) is 10.5. The molecule has 0 radical (unpaired) electrons. The summed E-state index contributed by atoms with van der Waals surface area (Å²) in [6.45, 7) is 5.10. The molecule has 5 nitrogen and oxygen atoms in total. The van der Waals surface area contributed by atoms with Gasteiger partial charge in [-0.2, -0.15) is 0 Å². The van der Waals surface area contributed by atoms with Crippen molar-refractivity contribution in [1.29, 1.82) is 0 Å². The van der Waals surface area contributed by atoms with Crippen LogP contribution in [0.2, 0.25) is 0 Å². The molecular formula is C23H36O5. The van der Waals surface area contributed by atoms with Gasteiger partial charge in [0.15, 0.2) is 13.6 Å². The summed E-state index contributed by atoms with van der Waals surface area (Å²) in [4.78, 5) is 0. The molecule has 2 heterocycles. The third kappa shape index (κ3) is 2.06. The Morgan fingerprint density at radius 1 is 0.964 bits per heavy atom. The molecule has 0 aromatic heterocycles. The topological polar surface area (TPSA) is 57.2 Å². The summed E-state index contributed by atoms with van der Waals surface area (Å²) in [5.41, 5.74) is -1.36. The van der Waals surface area contributed by atoms with Crippen LogP contribution in [0, 0.1) is 34.5 Å². The quantitative estimate of drug-likeness (QED) is 0.673. The van der Waals surface area contributed by atoms with E-state index in [0.717, 1.165) is 32.1 Å². The fourth-order valence-corrected chi connectivity index (χ4v) is 8.42. The zero-order valence-corrected chi connectivity index (χ0v) is 17.0. The highest BCUT2D eigenvalue weighted by atomic mass is 16.9. The van der Waals surface area contributed by atoms with Crippen molar-refractivity contribution < 1.29 is 30.9 Å². The van der Waals surface area contributed by atoms with E-state index in [1.807, 2.05) is 6.92 Å². The van der Waals surface area contributed by atoms with Crippen LogP contribution >= 0.6 is 0 Å². The second-order valence-electron chi connectivity index (χ2n) is 10.5. The molecule has 2 spiro atoms. The second kappa shape index (κ2) is 5.94. The summed E-state index contributed by atoms with van der Waals surface area (Å²) in [5.74, 6) is -0.612. The van der Waals surface area contributed by atoms with Gasteiger partial charge in [-0.05, 0) is 86.8 Å². The predicted octanol–water partition coefficient (Wildman–Crippen LogP) is 3.83. The Bertz CT molecular complexity index is 842. The molecule has 6 aliphatic rings. The minimum Gasteiger partial charge on any atom is -0.393 e. The van der Waals surface area contributed by atoms with Crippen LogP contribution in [-0.4, -0.2) is 42.8 Å². The van der Waals surface area contributed by atoms with E-state index >= 15 is 0 Å². The molecule has 158 valence electrons. The molecule has 6 rings (SSSR count). The molecule has 4 saturated carbocycles. The van der Waals surface area contributed by atoms with E-state index in [-0.39, 0.29) is 31.3 Å². The number of fused-ring (bicyclic) bond motifs is 7. The van der Waals surface area contributed by atoms with Gasteiger partial charge in [0.05, 0.1) is 7.45 Å². The van der Waals surface area contributed by atoms with Crippen LogP contribution in [0.25, 0.3) is 0 Å². The lowest BCUT2D eigenvalue weighted by molar-refractivity contribution is -0.251. The number of hydrogen-bond acceptors (Lipinski definition) is 5. The van der Waals surface area contributed by atoms with Gasteiger partial charge in [-0.1, -0.05) is 13.8 Å². The third-order valence-corrected chi connectivity index (χ3v) is 9.82. The molecule has 1 unspecified atom stereocenters. The summed E-state index contributed by atoms with van der Waals surface area (Å²) < 4.78 is 66.7. The maximum Gasteiger partial charge on any atom is 0.226 e. The third-order valence-electron chi connectivity index (χ3n) is 9.82. The van der Waals surface area contributed by atoms with Gasteiger partial charge >= 0.3 is 0 Å². The minimum atomic E-state index is -2.75. The van der Waals surface area contributed by atoms with E-state index < -0.39 is 41.5 Å². The van der Waals surface area contributed by atoms with E-state index in [0.29, 0.717) is 24.9 Å². The van der Waals surface area contributed by atoms with Crippen molar-refractivity contribution in [2.45, 2.75) is 89.0 Å². The summed E-state index contributed by atoms with van der Waals surface area (Å²) in [6.07, 6.45) is -2.48. The average Bonchev–Trinajstić information content (AvgIpc) is 3.41. The lowest BCUT2D eigenvalue weighted by atomic mass is 9.44. The van der Waals surface area contributed by atoms with E-state index in [2.05, 4.69) is 6.92 Å². The lowest BCUT2D eigenvalue weighted by Crippen LogP contribution is -2.64. The highest BCUT2D eigenvalue weighted by Crippen LogP contribution is 2.71. The van der Waals surface area contributed by atoms with Gasteiger partial charge in [-0.3, -0.25) is 0 Å². The standard InChI is InChI=1S/C23H36O5/c1-20-8-5-16(24)11-15(20)3-4-17-18(20)6-9-21(2)19(17)7-10-22(21)23(28-14-26-22)12-25-13-27-23/h15-19,24H,3-14H2,1-2H3/t15-,16-,17-,18?,19+,20+,21+,22-,23-/m1/s1/i5D2,11D2,16D. The molecule has 0 aromatic rings. The fourth-order valence-electron chi connectivity index (χ4n) is 8.42. The van der Waals surface area contributed by atoms with E-state index in [4.69, 9.17) is 25.8 Å². The lowest BCUT2D eigenvalue weighted by Gasteiger charge is -2.62. The highest BCUT2D eigenvalue weighted by molar-refractivity contribution is 5.20. The summed E-state index contributed by atoms with van der Waals surface area (Å²) >= 11 is 0. The average molecular weight is 398 g/mol. The Balaban J connectivity index is 1.37. The Hall–Kier alpha value is -0.200. The maximum atomic E-state index is 10.7. The van der Waals surface area contributed by atoms with Crippen molar-refractivity contribution in [3.05, 3.63) is 0 Å². The summed E-state index contributed by atoms with van der Waals surface area (Å²) in [7, 11) is 0. The molecule has 2 aliphatic heterocycles. The Morgan fingerprint density at radius 2 is 1.79 bits per heavy atom. The van der Waals surface area contributed by atoms with E-state index in [9.17, 15) is 5.11 Å². The molecule has 5 heteroatoms. The number of aliphatic hydroxyl groups is 1. The molecule has 0 aromatic carbocycles. The highest BCUT2D eigenvalue weighted by Gasteiger charge is 2.75. The molecule has 6 fully saturated rings. The largest absolute Gasteiger partial charge is 0.393 e. The first-order valence-corrected chi connectivity index (χ1v) is 11.0. The maximum absolute atomic E-state index is 10.7. The van der Waals surface area contributed by atoms with Crippen LogP contribution < -0.4 is 0 Å². The summed E-state index contributed by atoms with van der Waals surface area (Å²) in [5, 5.41) is 10.7. The van der Waals surface area contributed by atoms with Crippen molar-refractivity contribution >= 4 is 0 Å². The molecular weight excluding hydrogens is 356 g/mol. The summed E-state index contributed by atoms with van der Waals surface area (Å²) in [6, 6.07) is 0. The SMILES string of the molecule is [2H]C1([2H])C[C@]2(C)C3CC[C@@]4(C)[C@@H](CC[C@@]45OCO[C@]54COCO4)[C@@H]3CC[C@@H]2C([2H])([2H])[C@]1([2H])O. The first-order chi connectivity index (χ1) is 15.3. The van der Waals surface area contributed by atoms with Crippen molar-refractivity contribution in [2.24, 2.45) is 34.5 Å². The number of hydrogen-bond donors (Lipinski definition) is 1. The minimum absolute atomic E-state index is 0.0143. The van der Waals surface area contributed by atoms with Crippen molar-refractivity contribution in [3.63, 3.8) is 0 Å². The molecule has 0 bridgehead atoms. The molecule has 0 amide bonds. The molecule has 4 aliphatic carbocycles. The van der Waals surface area contributed by atoms with Gasteiger partial charge in [0.1, 0.15) is 12.2 Å². The molecule has 2 saturated heterocycles. The zero-order chi connectivity index (χ0) is 23.7. The monoisotopic (exact) mass is 397 g/mol. The van der Waals surface area contributed by atoms with Crippen LogP contribution in [0.3, 0.4) is 0 Å². The van der Waals surface area contributed by atoms with Gasteiger partial charge in [0.25, 0.3) is 0 Å². The van der Waals surface area contributed by atoms with Crippen molar-refractivity contribution in [3.8, 4) is 0 Å². The number of rotatable bonds is 0. The van der Waals surface area contributed by atoms with E-state index in [1.54, 1.807) is 0 Å².